The number of carbonyl (C=O) groups is 2. The molecular weight excluding hydrogens is 286 g/mol. The number of ether oxygens (including phenoxy) is 2. The van der Waals surface area contributed by atoms with E-state index in [9.17, 15) is 9.59 Å². The summed E-state index contributed by atoms with van der Waals surface area (Å²) in [5, 5.41) is 8.37. The Bertz CT molecular complexity index is 506. The van der Waals surface area contributed by atoms with Crippen molar-refractivity contribution >= 4 is 17.5 Å². The van der Waals surface area contributed by atoms with Crippen LogP contribution >= 0.6 is 0 Å². The van der Waals surface area contributed by atoms with Crippen LogP contribution in [-0.2, 0) is 9.53 Å². The molecule has 1 rings (SSSR count). The molecule has 0 saturated heterocycles. The van der Waals surface area contributed by atoms with Gasteiger partial charge in [0, 0.05) is 32.6 Å². The first-order valence-electron chi connectivity index (χ1n) is 7.04. The molecule has 7 heteroatoms. The van der Waals surface area contributed by atoms with Crippen LogP contribution in [0.4, 0.5) is 5.69 Å². The van der Waals surface area contributed by atoms with Crippen LogP contribution in [0.5, 0.6) is 5.75 Å². The van der Waals surface area contributed by atoms with Gasteiger partial charge in [0.15, 0.2) is 0 Å². The van der Waals surface area contributed by atoms with Crippen molar-refractivity contribution in [3.8, 4) is 5.75 Å². The lowest BCUT2D eigenvalue weighted by Crippen LogP contribution is -2.29. The summed E-state index contributed by atoms with van der Waals surface area (Å²) in [6, 6.07) is 5.19. The number of benzene rings is 1. The molecule has 0 heterocycles. The van der Waals surface area contributed by atoms with Crippen molar-refractivity contribution in [3.63, 3.8) is 0 Å². The van der Waals surface area contributed by atoms with Crippen LogP contribution in [-0.4, -0.2) is 52.3 Å². The third kappa shape index (κ3) is 6.01. The van der Waals surface area contributed by atoms with E-state index >= 15 is 0 Å². The average molecular weight is 309 g/mol. The molecule has 0 aliphatic carbocycles. The van der Waals surface area contributed by atoms with E-state index in [4.69, 9.17) is 9.47 Å². The molecule has 0 unspecified atom stereocenters. The Labute approximate surface area is 130 Å². The van der Waals surface area contributed by atoms with Gasteiger partial charge in [-0.05, 0) is 18.2 Å². The first-order chi connectivity index (χ1) is 10.6. The Kier molecular flexibility index (Phi) is 7.77. The molecule has 0 bridgehead atoms. The third-order valence-corrected chi connectivity index (χ3v) is 2.89. The number of methoxy groups -OCH3 is 1. The van der Waals surface area contributed by atoms with Gasteiger partial charge >= 0.3 is 0 Å². The molecule has 0 atom stereocenters. The van der Waals surface area contributed by atoms with Gasteiger partial charge in [-0.3, -0.25) is 9.59 Å². The number of rotatable bonds is 9. The van der Waals surface area contributed by atoms with Gasteiger partial charge in [0.1, 0.15) is 5.75 Å². The fourth-order valence-electron chi connectivity index (χ4n) is 1.78. The van der Waals surface area contributed by atoms with E-state index in [1.807, 2.05) is 0 Å². The van der Waals surface area contributed by atoms with Crippen LogP contribution in [0.15, 0.2) is 18.2 Å². The van der Waals surface area contributed by atoms with Crippen molar-refractivity contribution in [3.05, 3.63) is 23.8 Å². The molecule has 0 aromatic heterocycles. The van der Waals surface area contributed by atoms with Crippen molar-refractivity contribution in [1.82, 2.24) is 10.6 Å². The first kappa shape index (κ1) is 17.8. The van der Waals surface area contributed by atoms with Gasteiger partial charge in [0.05, 0.1) is 26.0 Å². The van der Waals surface area contributed by atoms with Gasteiger partial charge in [-0.15, -0.1) is 0 Å². The minimum absolute atomic E-state index is 0.0872. The lowest BCUT2D eigenvalue weighted by atomic mass is 10.1. The maximum atomic E-state index is 12.0. The van der Waals surface area contributed by atoms with Crippen molar-refractivity contribution in [1.29, 1.82) is 0 Å². The molecule has 0 radical (unpaired) electrons. The fraction of sp³-hybridized carbons (Fsp3) is 0.467. The minimum atomic E-state index is -0.189. The summed E-state index contributed by atoms with van der Waals surface area (Å²) < 4.78 is 10.5. The van der Waals surface area contributed by atoms with E-state index < -0.39 is 0 Å². The number of hydrogen-bond acceptors (Lipinski definition) is 5. The molecule has 3 N–H and O–H groups in total. The molecule has 122 valence electrons. The lowest BCUT2D eigenvalue weighted by molar-refractivity contribution is -0.119. The number of nitrogens with one attached hydrogen (secondary N) is 3. The van der Waals surface area contributed by atoms with E-state index in [2.05, 4.69) is 16.0 Å². The van der Waals surface area contributed by atoms with Crippen LogP contribution in [0.25, 0.3) is 0 Å². The van der Waals surface area contributed by atoms with Gasteiger partial charge in [0.25, 0.3) is 5.91 Å². The Morgan fingerprint density at radius 2 is 1.82 bits per heavy atom. The predicted molar refractivity (Wildman–Crippen MR) is 84.4 cm³/mol. The monoisotopic (exact) mass is 309 g/mol. The number of carbonyl (C=O) groups excluding carboxylic acids is 2. The highest BCUT2D eigenvalue weighted by atomic mass is 16.5. The van der Waals surface area contributed by atoms with Gasteiger partial charge in [-0.2, -0.15) is 0 Å². The fourth-order valence-corrected chi connectivity index (χ4v) is 1.78. The van der Waals surface area contributed by atoms with Gasteiger partial charge in [0.2, 0.25) is 5.91 Å². The second-order valence-corrected chi connectivity index (χ2v) is 4.52. The highest BCUT2D eigenvalue weighted by molar-refractivity contribution is 5.95. The predicted octanol–water partition coefficient (Wildman–Crippen LogP) is 0.619. The summed E-state index contributed by atoms with van der Waals surface area (Å²) in [7, 11) is 3.34. The standard InChI is InChI=1S/C15H23N3O4/c1-11(19)17-6-8-22-9-7-18-15(20)12-4-5-13(16-2)14(10-12)21-3/h4-5,10,16H,6-9H2,1-3H3,(H,17,19)(H,18,20). The van der Waals surface area contributed by atoms with Crippen molar-refractivity contribution < 1.29 is 19.1 Å². The normalized spacial score (nSPS) is 9.95. The average Bonchev–Trinajstić information content (AvgIpc) is 2.52. The number of amides is 2. The topological polar surface area (TPSA) is 88.7 Å². The molecule has 2 amide bonds. The third-order valence-electron chi connectivity index (χ3n) is 2.89. The lowest BCUT2D eigenvalue weighted by Gasteiger charge is -2.11. The molecule has 0 spiro atoms. The Hall–Kier alpha value is -2.28. The van der Waals surface area contributed by atoms with Crippen molar-refractivity contribution in [2.75, 3.05) is 45.8 Å². The maximum Gasteiger partial charge on any atom is 0.251 e. The second kappa shape index (κ2) is 9.62. The van der Waals surface area contributed by atoms with E-state index in [0.29, 0.717) is 37.6 Å². The largest absolute Gasteiger partial charge is 0.495 e. The molecule has 7 nitrogen and oxygen atoms in total. The summed E-state index contributed by atoms with van der Waals surface area (Å²) >= 11 is 0. The van der Waals surface area contributed by atoms with E-state index in [1.54, 1.807) is 32.4 Å². The maximum absolute atomic E-state index is 12.0. The zero-order valence-corrected chi connectivity index (χ0v) is 13.2. The summed E-state index contributed by atoms with van der Waals surface area (Å²) in [5.41, 5.74) is 1.34. The minimum Gasteiger partial charge on any atom is -0.495 e. The molecule has 22 heavy (non-hydrogen) atoms. The summed E-state index contributed by atoms with van der Waals surface area (Å²) in [5.74, 6) is 0.337. The van der Waals surface area contributed by atoms with Crippen molar-refractivity contribution in [2.24, 2.45) is 0 Å². The SMILES string of the molecule is CNc1ccc(C(=O)NCCOCCNC(C)=O)cc1OC. The molecule has 0 fully saturated rings. The van der Waals surface area contributed by atoms with E-state index in [-0.39, 0.29) is 11.8 Å². The van der Waals surface area contributed by atoms with Gasteiger partial charge < -0.3 is 25.4 Å². The summed E-state index contributed by atoms with van der Waals surface area (Å²) in [4.78, 5) is 22.6. The van der Waals surface area contributed by atoms with E-state index in [0.717, 1.165) is 5.69 Å². The Balaban J connectivity index is 2.32. The molecule has 1 aromatic carbocycles. The van der Waals surface area contributed by atoms with Crippen LogP contribution < -0.4 is 20.7 Å². The zero-order valence-electron chi connectivity index (χ0n) is 13.2. The van der Waals surface area contributed by atoms with Crippen molar-refractivity contribution in [2.45, 2.75) is 6.92 Å². The molecule has 1 aromatic rings. The Morgan fingerprint density at radius 3 is 2.41 bits per heavy atom. The second-order valence-electron chi connectivity index (χ2n) is 4.52. The summed E-state index contributed by atoms with van der Waals surface area (Å²) in [6.07, 6.45) is 0. The molecular formula is C15H23N3O4. The number of hydrogen-bond donors (Lipinski definition) is 3. The van der Waals surface area contributed by atoms with E-state index in [1.165, 1.54) is 6.92 Å². The number of anilines is 1. The smallest absolute Gasteiger partial charge is 0.251 e. The highest BCUT2D eigenvalue weighted by Gasteiger charge is 2.09. The van der Waals surface area contributed by atoms with Crippen LogP contribution in [0.3, 0.4) is 0 Å². The van der Waals surface area contributed by atoms with Crippen LogP contribution in [0, 0.1) is 0 Å². The highest BCUT2D eigenvalue weighted by Crippen LogP contribution is 2.24. The molecule has 0 saturated carbocycles. The quantitative estimate of drug-likeness (QED) is 0.582. The van der Waals surface area contributed by atoms with Crippen LogP contribution in [0.2, 0.25) is 0 Å². The van der Waals surface area contributed by atoms with Gasteiger partial charge in [-0.1, -0.05) is 0 Å². The van der Waals surface area contributed by atoms with Gasteiger partial charge in [-0.25, -0.2) is 0 Å². The molecule has 0 aliphatic rings. The Morgan fingerprint density at radius 1 is 1.14 bits per heavy atom. The first-order valence-corrected chi connectivity index (χ1v) is 7.04. The zero-order chi connectivity index (χ0) is 16.4. The van der Waals surface area contributed by atoms with Crippen LogP contribution in [0.1, 0.15) is 17.3 Å². The molecule has 0 aliphatic heterocycles. The summed E-state index contributed by atoms with van der Waals surface area (Å²) in [6.45, 7) is 3.12.